The Hall–Kier alpha value is -3.15. The first-order chi connectivity index (χ1) is 32.5. The summed E-state index contributed by atoms with van der Waals surface area (Å²) in [5, 5.41) is 0. The van der Waals surface area contributed by atoms with Gasteiger partial charge in [0.25, 0.3) is 0 Å². The monoisotopic (exact) mass is 921 g/mol. The number of hydrogen-bond donors (Lipinski definition) is 0. The zero-order valence-corrected chi connectivity index (χ0v) is 43.4. The summed E-state index contributed by atoms with van der Waals surface area (Å²) in [6.07, 6.45) is 69.0. The minimum atomic E-state index is -0.809. The van der Waals surface area contributed by atoms with Crippen molar-refractivity contribution in [1.82, 2.24) is 0 Å². The molecule has 6 heteroatoms. The van der Waals surface area contributed by atoms with Gasteiger partial charge in [-0.05, 0) is 89.9 Å². The molecule has 0 aliphatic rings. The number of allylic oxidation sites excluding steroid dienone is 12. The first-order valence-corrected chi connectivity index (χ1v) is 28.0. The highest BCUT2D eigenvalue weighted by Gasteiger charge is 2.19. The van der Waals surface area contributed by atoms with Crippen molar-refractivity contribution in [1.29, 1.82) is 0 Å². The molecule has 0 aromatic heterocycles. The number of carbonyl (C=O) groups excluding carboxylic acids is 3. The largest absolute Gasteiger partial charge is 0.462 e. The summed E-state index contributed by atoms with van der Waals surface area (Å²) < 4.78 is 16.8. The summed E-state index contributed by atoms with van der Waals surface area (Å²) in [5.74, 6) is -0.991. The summed E-state index contributed by atoms with van der Waals surface area (Å²) >= 11 is 0. The van der Waals surface area contributed by atoms with Crippen LogP contribution in [0.15, 0.2) is 72.9 Å². The second-order valence-electron chi connectivity index (χ2n) is 18.5. The SMILES string of the molecule is CCCCCCC\C=C/C=C\C=C/CCCCCCCC(=O)OCC(COC(=O)CC/C=C\C/C=C\CCCCCCCC)OC(=O)CCCCCCCCC/C=C\CCCCCCCC. The molecule has 0 aromatic rings. The van der Waals surface area contributed by atoms with Gasteiger partial charge in [-0.25, -0.2) is 0 Å². The highest BCUT2D eigenvalue weighted by Crippen LogP contribution is 2.14. The van der Waals surface area contributed by atoms with E-state index >= 15 is 0 Å². The van der Waals surface area contributed by atoms with E-state index in [1.54, 1.807) is 0 Å². The molecule has 0 rings (SSSR count). The molecule has 1 unspecified atom stereocenters. The molecule has 0 aliphatic heterocycles. The first-order valence-electron chi connectivity index (χ1n) is 28.0. The van der Waals surface area contributed by atoms with E-state index in [9.17, 15) is 14.4 Å². The summed E-state index contributed by atoms with van der Waals surface area (Å²) in [5.41, 5.74) is 0. The van der Waals surface area contributed by atoms with Gasteiger partial charge in [0.05, 0.1) is 0 Å². The molecular weight excluding hydrogens is 817 g/mol. The standard InChI is InChI=1S/C60H104O6/c1-4-7-10-13-16-19-22-25-27-29-31-32-35-38-41-44-47-50-53-59(62)65-56-57(55-64-58(61)52-49-46-43-40-37-34-24-21-18-15-12-9-6-3)66-60(63)54-51-48-45-42-39-36-33-30-28-26-23-20-17-14-11-8-5-2/h22,25-29,31-32,34,37,43,46,57H,4-21,23-24,30,33,35-36,38-42,44-45,47-56H2,1-3H3/b25-22-,28-26-,29-27-,32-31-,37-34-,46-43-. The lowest BCUT2D eigenvalue weighted by Crippen LogP contribution is -2.30. The van der Waals surface area contributed by atoms with E-state index in [-0.39, 0.29) is 37.5 Å². The van der Waals surface area contributed by atoms with E-state index in [0.29, 0.717) is 19.3 Å². The van der Waals surface area contributed by atoms with Crippen molar-refractivity contribution >= 4 is 17.9 Å². The second kappa shape index (κ2) is 54.5. The van der Waals surface area contributed by atoms with Crippen LogP contribution < -0.4 is 0 Å². The molecule has 0 bridgehead atoms. The maximum atomic E-state index is 12.8. The minimum Gasteiger partial charge on any atom is -0.462 e. The summed E-state index contributed by atoms with van der Waals surface area (Å²) in [6, 6.07) is 0. The van der Waals surface area contributed by atoms with Crippen LogP contribution in [0.3, 0.4) is 0 Å². The summed E-state index contributed by atoms with van der Waals surface area (Å²) in [4.78, 5) is 38.0. The molecule has 0 N–H and O–H groups in total. The van der Waals surface area contributed by atoms with Crippen molar-refractivity contribution < 1.29 is 28.6 Å². The van der Waals surface area contributed by atoms with E-state index in [1.807, 2.05) is 6.08 Å². The van der Waals surface area contributed by atoms with Gasteiger partial charge in [-0.2, -0.15) is 0 Å². The zero-order chi connectivity index (χ0) is 47.9. The Morgan fingerprint density at radius 1 is 0.318 bits per heavy atom. The smallest absolute Gasteiger partial charge is 0.306 e. The number of unbranched alkanes of at least 4 members (excludes halogenated alkanes) is 29. The van der Waals surface area contributed by atoms with Crippen LogP contribution in [0.1, 0.15) is 271 Å². The molecule has 0 aromatic carbocycles. The maximum Gasteiger partial charge on any atom is 0.306 e. The lowest BCUT2D eigenvalue weighted by molar-refractivity contribution is -0.166. The lowest BCUT2D eigenvalue weighted by Gasteiger charge is -2.18. The molecular formula is C60H104O6. The first kappa shape index (κ1) is 62.8. The average Bonchev–Trinajstić information content (AvgIpc) is 3.31. The second-order valence-corrected chi connectivity index (χ2v) is 18.5. The van der Waals surface area contributed by atoms with Gasteiger partial charge < -0.3 is 14.2 Å². The van der Waals surface area contributed by atoms with Crippen LogP contribution in [0.4, 0.5) is 0 Å². The molecule has 380 valence electrons. The van der Waals surface area contributed by atoms with Gasteiger partial charge in [0.15, 0.2) is 6.10 Å². The van der Waals surface area contributed by atoms with Crippen molar-refractivity contribution in [3.63, 3.8) is 0 Å². The van der Waals surface area contributed by atoms with Crippen LogP contribution in [0.2, 0.25) is 0 Å². The third-order valence-corrected chi connectivity index (χ3v) is 12.0. The van der Waals surface area contributed by atoms with E-state index < -0.39 is 6.10 Å². The molecule has 6 nitrogen and oxygen atoms in total. The molecule has 0 radical (unpaired) electrons. The van der Waals surface area contributed by atoms with Gasteiger partial charge in [-0.15, -0.1) is 0 Å². The normalized spacial score (nSPS) is 12.6. The summed E-state index contributed by atoms with van der Waals surface area (Å²) in [6.45, 7) is 6.55. The molecule has 0 fully saturated rings. The van der Waals surface area contributed by atoms with E-state index in [2.05, 4.69) is 87.6 Å². The quantitative estimate of drug-likeness (QED) is 0.0199. The van der Waals surface area contributed by atoms with Crippen LogP contribution in [-0.2, 0) is 28.6 Å². The number of esters is 3. The van der Waals surface area contributed by atoms with Crippen molar-refractivity contribution in [2.45, 2.75) is 277 Å². The zero-order valence-electron chi connectivity index (χ0n) is 43.4. The lowest BCUT2D eigenvalue weighted by atomic mass is 10.1. The van der Waals surface area contributed by atoms with Gasteiger partial charge in [0.2, 0.25) is 0 Å². The average molecular weight is 921 g/mol. The topological polar surface area (TPSA) is 78.9 Å². The van der Waals surface area contributed by atoms with E-state index in [1.165, 1.54) is 148 Å². The van der Waals surface area contributed by atoms with Gasteiger partial charge in [-0.1, -0.05) is 235 Å². The third kappa shape index (κ3) is 51.8. The molecule has 66 heavy (non-hydrogen) atoms. The number of rotatable bonds is 50. The Morgan fingerprint density at radius 3 is 1.06 bits per heavy atom. The third-order valence-electron chi connectivity index (χ3n) is 12.0. The van der Waals surface area contributed by atoms with Gasteiger partial charge in [0.1, 0.15) is 13.2 Å². The van der Waals surface area contributed by atoms with Crippen LogP contribution in [-0.4, -0.2) is 37.2 Å². The Bertz CT molecular complexity index is 1240. The number of hydrogen-bond acceptors (Lipinski definition) is 6. The molecule has 0 saturated carbocycles. The maximum absolute atomic E-state index is 12.8. The van der Waals surface area contributed by atoms with Crippen LogP contribution in [0, 0.1) is 0 Å². The predicted octanol–water partition coefficient (Wildman–Crippen LogP) is 18.6. The molecule has 0 spiro atoms. The van der Waals surface area contributed by atoms with E-state index in [0.717, 1.165) is 77.0 Å². The molecule has 0 heterocycles. The number of carbonyl (C=O) groups is 3. The molecule has 0 saturated heterocycles. The Balaban J connectivity index is 4.47. The van der Waals surface area contributed by atoms with Gasteiger partial charge >= 0.3 is 17.9 Å². The molecule has 0 aliphatic carbocycles. The Morgan fingerprint density at radius 2 is 0.636 bits per heavy atom. The van der Waals surface area contributed by atoms with Crippen LogP contribution in [0.5, 0.6) is 0 Å². The van der Waals surface area contributed by atoms with E-state index in [4.69, 9.17) is 14.2 Å². The fraction of sp³-hybridized carbons (Fsp3) is 0.750. The Labute approximate surface area is 408 Å². The molecule has 0 amide bonds. The number of ether oxygens (including phenoxy) is 3. The van der Waals surface area contributed by atoms with Gasteiger partial charge in [-0.3, -0.25) is 14.4 Å². The minimum absolute atomic E-state index is 0.104. The van der Waals surface area contributed by atoms with Crippen molar-refractivity contribution in [2.75, 3.05) is 13.2 Å². The van der Waals surface area contributed by atoms with Crippen molar-refractivity contribution in [3.05, 3.63) is 72.9 Å². The van der Waals surface area contributed by atoms with Crippen LogP contribution >= 0.6 is 0 Å². The van der Waals surface area contributed by atoms with Crippen molar-refractivity contribution in [2.24, 2.45) is 0 Å². The highest BCUT2D eigenvalue weighted by molar-refractivity contribution is 5.71. The van der Waals surface area contributed by atoms with Gasteiger partial charge in [0, 0.05) is 19.3 Å². The Kier molecular flexibility index (Phi) is 51.9. The highest BCUT2D eigenvalue weighted by atomic mass is 16.6. The predicted molar refractivity (Wildman–Crippen MR) is 284 cm³/mol. The summed E-state index contributed by atoms with van der Waals surface area (Å²) in [7, 11) is 0. The fourth-order valence-corrected chi connectivity index (χ4v) is 7.73. The fourth-order valence-electron chi connectivity index (χ4n) is 7.73. The van der Waals surface area contributed by atoms with Crippen molar-refractivity contribution in [3.8, 4) is 0 Å². The van der Waals surface area contributed by atoms with Crippen LogP contribution in [0.25, 0.3) is 0 Å². The molecule has 1 atom stereocenters.